The minimum Gasteiger partial charge on any atom is -0.493 e. The Morgan fingerprint density at radius 3 is 2.67 bits per heavy atom. The molecule has 1 aromatic heterocycles. The zero-order chi connectivity index (χ0) is 20.0. The molecule has 0 aliphatic carbocycles. The van der Waals surface area contributed by atoms with Gasteiger partial charge in [-0.3, -0.25) is 4.79 Å². The molecule has 0 radical (unpaired) electrons. The van der Waals surface area contributed by atoms with Crippen molar-refractivity contribution in [3.05, 3.63) is 49.3 Å². The summed E-state index contributed by atoms with van der Waals surface area (Å²) in [5.41, 5.74) is 0.0733. The fourth-order valence-corrected chi connectivity index (χ4v) is 2.62. The van der Waals surface area contributed by atoms with Crippen molar-refractivity contribution in [2.24, 2.45) is 0 Å². The first kappa shape index (κ1) is 20.5. The van der Waals surface area contributed by atoms with Crippen LogP contribution >= 0.6 is 11.6 Å². The molecule has 0 unspecified atom stereocenters. The summed E-state index contributed by atoms with van der Waals surface area (Å²) in [5, 5.41) is 17.7. The van der Waals surface area contributed by atoms with Crippen molar-refractivity contribution in [3.8, 4) is 11.5 Å². The van der Waals surface area contributed by atoms with Crippen LogP contribution in [0.5, 0.6) is 11.5 Å². The van der Waals surface area contributed by atoms with Gasteiger partial charge in [0.05, 0.1) is 25.4 Å². The van der Waals surface area contributed by atoms with Gasteiger partial charge >= 0.3 is 11.4 Å². The number of hydrogen-bond acceptors (Lipinski definition) is 7. The molecule has 0 spiro atoms. The summed E-state index contributed by atoms with van der Waals surface area (Å²) in [6.45, 7) is 4.53. The molecule has 9 nitrogen and oxygen atoms in total. The molecule has 10 heteroatoms. The van der Waals surface area contributed by atoms with E-state index in [1.165, 1.54) is 0 Å². The standard InChI is InChI=1S/C17H21ClN4O5/c1-4-8-27-13-9-11(6-7-12(13)26-3)10-19-15-14(18)17(23)21(5-2)20-16(15)22(24)25/h6-7,9,19H,4-5,8,10H2,1-3H3. The van der Waals surface area contributed by atoms with Gasteiger partial charge in [0.15, 0.2) is 17.2 Å². The lowest BCUT2D eigenvalue weighted by Gasteiger charge is -2.13. The molecule has 1 aromatic carbocycles. The van der Waals surface area contributed by atoms with Crippen LogP contribution in [-0.2, 0) is 13.1 Å². The topological polar surface area (TPSA) is 109 Å². The van der Waals surface area contributed by atoms with Gasteiger partial charge in [-0.05, 0) is 36.0 Å². The molecule has 2 aromatic rings. The Kier molecular flexibility index (Phi) is 7.00. The third-order valence-corrected chi connectivity index (χ3v) is 4.06. The van der Waals surface area contributed by atoms with Crippen LogP contribution in [0.3, 0.4) is 0 Å². The van der Waals surface area contributed by atoms with Crippen LogP contribution in [0.25, 0.3) is 0 Å². The van der Waals surface area contributed by atoms with Crippen molar-refractivity contribution in [1.82, 2.24) is 9.78 Å². The first-order chi connectivity index (χ1) is 12.9. The van der Waals surface area contributed by atoms with Crippen LogP contribution in [0.15, 0.2) is 23.0 Å². The van der Waals surface area contributed by atoms with E-state index in [0.29, 0.717) is 18.1 Å². The Balaban J connectivity index is 2.32. The Hall–Kier alpha value is -2.81. The highest BCUT2D eigenvalue weighted by molar-refractivity contribution is 6.33. The first-order valence-corrected chi connectivity index (χ1v) is 8.79. The van der Waals surface area contributed by atoms with Crippen LogP contribution in [0.4, 0.5) is 11.5 Å². The minimum absolute atomic E-state index is 0.108. The van der Waals surface area contributed by atoms with Crippen LogP contribution in [-0.4, -0.2) is 28.4 Å². The maximum Gasteiger partial charge on any atom is 0.413 e. The number of aryl methyl sites for hydroxylation is 1. The molecular formula is C17H21ClN4O5. The third-order valence-electron chi connectivity index (χ3n) is 3.71. The zero-order valence-corrected chi connectivity index (χ0v) is 16.1. The van der Waals surface area contributed by atoms with Crippen LogP contribution in [0, 0.1) is 10.1 Å². The molecule has 2 rings (SSSR count). The second-order valence-electron chi connectivity index (χ2n) is 5.58. The summed E-state index contributed by atoms with van der Waals surface area (Å²) >= 11 is 6.06. The summed E-state index contributed by atoms with van der Waals surface area (Å²) in [6.07, 6.45) is 0.840. The number of methoxy groups -OCH3 is 1. The normalized spacial score (nSPS) is 10.5. The number of ether oxygens (including phenoxy) is 2. The highest BCUT2D eigenvalue weighted by atomic mass is 35.5. The molecule has 0 aliphatic heterocycles. The van der Waals surface area contributed by atoms with Gasteiger partial charge in [-0.1, -0.05) is 24.6 Å². The van der Waals surface area contributed by atoms with Crippen molar-refractivity contribution in [2.45, 2.75) is 33.4 Å². The number of hydrogen-bond donors (Lipinski definition) is 1. The average molecular weight is 397 g/mol. The molecule has 0 fully saturated rings. The SMILES string of the molecule is CCCOc1cc(CNc2c([N+](=O)[O-])nn(CC)c(=O)c2Cl)ccc1OC. The van der Waals surface area contributed by atoms with Gasteiger partial charge in [0.25, 0.3) is 0 Å². The van der Waals surface area contributed by atoms with Gasteiger partial charge in [-0.2, -0.15) is 0 Å². The Bertz CT molecular complexity index is 884. The molecule has 0 amide bonds. The molecule has 1 heterocycles. The van der Waals surface area contributed by atoms with E-state index in [1.54, 1.807) is 32.2 Å². The van der Waals surface area contributed by atoms with E-state index in [9.17, 15) is 14.9 Å². The van der Waals surface area contributed by atoms with E-state index < -0.39 is 16.3 Å². The molecule has 0 saturated heterocycles. The number of aromatic nitrogens is 2. The van der Waals surface area contributed by atoms with Gasteiger partial charge < -0.3 is 24.9 Å². The Labute approximate surface area is 161 Å². The summed E-state index contributed by atoms with van der Waals surface area (Å²) < 4.78 is 11.9. The Morgan fingerprint density at radius 1 is 1.33 bits per heavy atom. The highest BCUT2D eigenvalue weighted by Gasteiger charge is 2.25. The molecule has 1 N–H and O–H groups in total. The van der Waals surface area contributed by atoms with Crippen molar-refractivity contribution in [1.29, 1.82) is 0 Å². The van der Waals surface area contributed by atoms with Crippen molar-refractivity contribution in [2.75, 3.05) is 19.0 Å². The summed E-state index contributed by atoms with van der Waals surface area (Å²) in [6, 6.07) is 5.29. The van der Waals surface area contributed by atoms with E-state index in [2.05, 4.69) is 10.4 Å². The summed E-state index contributed by atoms with van der Waals surface area (Å²) in [5.74, 6) is 0.652. The summed E-state index contributed by atoms with van der Waals surface area (Å²) in [4.78, 5) is 22.8. The van der Waals surface area contributed by atoms with E-state index >= 15 is 0 Å². The number of rotatable bonds is 9. The van der Waals surface area contributed by atoms with E-state index in [1.807, 2.05) is 6.92 Å². The molecule has 0 saturated carbocycles. The Morgan fingerprint density at radius 2 is 2.07 bits per heavy atom. The zero-order valence-electron chi connectivity index (χ0n) is 15.3. The lowest BCUT2D eigenvalue weighted by atomic mass is 10.2. The smallest absolute Gasteiger partial charge is 0.413 e. The molecule has 27 heavy (non-hydrogen) atoms. The van der Waals surface area contributed by atoms with Gasteiger partial charge in [0.1, 0.15) is 5.02 Å². The largest absolute Gasteiger partial charge is 0.493 e. The number of nitro groups is 1. The molecule has 0 atom stereocenters. The van der Waals surface area contributed by atoms with Gasteiger partial charge in [0.2, 0.25) is 0 Å². The van der Waals surface area contributed by atoms with Crippen molar-refractivity contribution < 1.29 is 14.4 Å². The number of nitrogens with one attached hydrogen (secondary N) is 1. The fourth-order valence-electron chi connectivity index (χ4n) is 2.37. The lowest BCUT2D eigenvalue weighted by molar-refractivity contribution is -0.389. The fraction of sp³-hybridized carbons (Fsp3) is 0.412. The highest BCUT2D eigenvalue weighted by Crippen LogP contribution is 2.30. The van der Waals surface area contributed by atoms with Crippen LogP contribution in [0.2, 0.25) is 5.02 Å². The predicted octanol–water partition coefficient (Wildman–Crippen LogP) is 3.23. The van der Waals surface area contributed by atoms with Crippen LogP contribution < -0.4 is 20.3 Å². The van der Waals surface area contributed by atoms with Gasteiger partial charge in [-0.25, -0.2) is 0 Å². The van der Waals surface area contributed by atoms with Gasteiger partial charge in [0, 0.05) is 6.54 Å². The van der Waals surface area contributed by atoms with E-state index in [4.69, 9.17) is 21.1 Å². The molecule has 0 aliphatic rings. The lowest BCUT2D eigenvalue weighted by Crippen LogP contribution is -2.25. The maximum atomic E-state index is 12.1. The molecule has 146 valence electrons. The third kappa shape index (κ3) is 4.68. The molecule has 0 bridgehead atoms. The summed E-state index contributed by atoms with van der Waals surface area (Å²) in [7, 11) is 1.55. The second kappa shape index (κ2) is 9.22. The number of benzene rings is 1. The average Bonchev–Trinajstić information content (AvgIpc) is 2.67. The monoisotopic (exact) mass is 396 g/mol. The van der Waals surface area contributed by atoms with E-state index in [0.717, 1.165) is 16.7 Å². The van der Waals surface area contributed by atoms with Crippen molar-refractivity contribution in [3.63, 3.8) is 0 Å². The second-order valence-corrected chi connectivity index (χ2v) is 5.96. The maximum absolute atomic E-state index is 12.1. The molecular weight excluding hydrogens is 376 g/mol. The number of anilines is 1. The van der Waals surface area contributed by atoms with Crippen molar-refractivity contribution >= 4 is 23.1 Å². The quantitative estimate of drug-likeness (QED) is 0.511. The number of halogens is 1. The first-order valence-electron chi connectivity index (χ1n) is 8.41. The van der Waals surface area contributed by atoms with E-state index in [-0.39, 0.29) is 23.8 Å². The number of nitrogens with zero attached hydrogens (tertiary/aromatic N) is 3. The van der Waals surface area contributed by atoms with Crippen LogP contribution in [0.1, 0.15) is 25.8 Å². The van der Waals surface area contributed by atoms with Gasteiger partial charge in [-0.15, -0.1) is 4.68 Å². The minimum atomic E-state index is -0.677. The predicted molar refractivity (Wildman–Crippen MR) is 102 cm³/mol.